The Morgan fingerprint density at radius 1 is 1.54 bits per heavy atom. The Balaban J connectivity index is 3.05. The Kier molecular flexibility index (Phi) is 1.76. The summed E-state index contributed by atoms with van der Waals surface area (Å²) in [5.74, 6) is -0.373. The van der Waals surface area contributed by atoms with Crippen molar-refractivity contribution in [2.45, 2.75) is 0 Å². The predicted octanol–water partition coefficient (Wildman–Crippen LogP) is 1.77. The van der Waals surface area contributed by atoms with Gasteiger partial charge in [-0.3, -0.25) is 4.57 Å². The van der Waals surface area contributed by atoms with Crippen LogP contribution in [0, 0.1) is 5.82 Å². The van der Waals surface area contributed by atoms with Gasteiger partial charge in [-0.15, -0.1) is 0 Å². The summed E-state index contributed by atoms with van der Waals surface area (Å²) >= 11 is 3.09. The first-order valence-corrected chi connectivity index (χ1v) is 4.43. The number of nitrogens with one attached hydrogen (secondary N) is 1. The zero-order chi connectivity index (χ0) is 9.59. The summed E-state index contributed by atoms with van der Waals surface area (Å²) in [6, 6.07) is 2.85. The van der Waals surface area contributed by atoms with E-state index in [0.29, 0.717) is 15.5 Å². The van der Waals surface area contributed by atoms with E-state index in [1.807, 2.05) is 0 Å². The van der Waals surface area contributed by atoms with Crippen molar-refractivity contribution in [3.8, 4) is 0 Å². The quantitative estimate of drug-likeness (QED) is 0.754. The fraction of sp³-hybridized carbons (Fsp3) is 0.125. The Bertz CT molecular complexity index is 529. The summed E-state index contributed by atoms with van der Waals surface area (Å²) in [6.45, 7) is 0. The van der Waals surface area contributed by atoms with E-state index in [1.165, 1.54) is 16.7 Å². The molecule has 1 heterocycles. The van der Waals surface area contributed by atoms with Crippen LogP contribution in [0.25, 0.3) is 11.0 Å². The summed E-state index contributed by atoms with van der Waals surface area (Å²) in [7, 11) is 1.59. The molecule has 1 N–H and O–H groups in total. The second kappa shape index (κ2) is 2.70. The number of nitrogens with zero attached hydrogens (tertiary/aromatic N) is 1. The predicted molar refractivity (Wildman–Crippen MR) is 51.2 cm³/mol. The maximum atomic E-state index is 13.1. The maximum absolute atomic E-state index is 13.1. The van der Waals surface area contributed by atoms with Gasteiger partial charge in [0.05, 0.1) is 15.5 Å². The summed E-state index contributed by atoms with van der Waals surface area (Å²) in [4.78, 5) is 13.8. The summed E-state index contributed by atoms with van der Waals surface area (Å²) in [6.07, 6.45) is 0. The second-order valence-electron chi connectivity index (χ2n) is 2.75. The molecule has 2 aromatic rings. The zero-order valence-electron chi connectivity index (χ0n) is 6.77. The van der Waals surface area contributed by atoms with Gasteiger partial charge in [-0.1, -0.05) is 0 Å². The molecule has 0 saturated heterocycles. The first-order chi connectivity index (χ1) is 6.11. The fourth-order valence-electron chi connectivity index (χ4n) is 1.27. The Labute approximate surface area is 81.3 Å². The third-order valence-corrected chi connectivity index (χ3v) is 2.71. The lowest BCUT2D eigenvalue weighted by Crippen LogP contribution is -2.12. The molecule has 3 nitrogen and oxygen atoms in total. The van der Waals surface area contributed by atoms with Gasteiger partial charge >= 0.3 is 5.69 Å². The highest BCUT2D eigenvalue weighted by atomic mass is 79.9. The first kappa shape index (κ1) is 8.50. The smallest absolute Gasteiger partial charge is 0.306 e. The fourth-order valence-corrected chi connectivity index (χ4v) is 1.88. The van der Waals surface area contributed by atoms with Gasteiger partial charge in [0.15, 0.2) is 0 Å². The summed E-state index contributed by atoms with van der Waals surface area (Å²) in [5, 5.41) is 0. The molecule has 0 bridgehead atoms. The lowest BCUT2D eigenvalue weighted by molar-refractivity contribution is 0.622. The van der Waals surface area contributed by atoms with Crippen LogP contribution in [0.1, 0.15) is 0 Å². The number of imidazole rings is 1. The van der Waals surface area contributed by atoms with Crippen LogP contribution in [0.4, 0.5) is 4.39 Å². The Morgan fingerprint density at radius 3 is 2.92 bits per heavy atom. The van der Waals surface area contributed by atoms with E-state index < -0.39 is 0 Å². The molecule has 1 aromatic carbocycles. The molecule has 0 radical (unpaired) electrons. The van der Waals surface area contributed by atoms with Crippen molar-refractivity contribution in [2.75, 3.05) is 0 Å². The Hall–Kier alpha value is -1.10. The van der Waals surface area contributed by atoms with E-state index in [-0.39, 0.29) is 11.5 Å². The first-order valence-electron chi connectivity index (χ1n) is 3.64. The molecule has 1 aromatic heterocycles. The molecule has 5 heteroatoms. The topological polar surface area (TPSA) is 37.8 Å². The van der Waals surface area contributed by atoms with Crippen LogP contribution in [0.3, 0.4) is 0 Å². The average Bonchev–Trinajstić information content (AvgIpc) is 2.37. The molecule has 0 aliphatic heterocycles. The van der Waals surface area contributed by atoms with Crippen LogP contribution in [0.5, 0.6) is 0 Å². The van der Waals surface area contributed by atoms with Gasteiger partial charge in [0.1, 0.15) is 5.82 Å². The van der Waals surface area contributed by atoms with Crippen LogP contribution in [-0.4, -0.2) is 9.55 Å². The molecule has 0 saturated carbocycles. The van der Waals surface area contributed by atoms with Crippen LogP contribution in [0.15, 0.2) is 21.4 Å². The average molecular weight is 245 g/mol. The van der Waals surface area contributed by atoms with Gasteiger partial charge in [0, 0.05) is 7.05 Å². The summed E-state index contributed by atoms with van der Waals surface area (Å²) in [5.41, 5.74) is 0.923. The van der Waals surface area contributed by atoms with Crippen molar-refractivity contribution in [3.05, 3.63) is 32.9 Å². The van der Waals surface area contributed by atoms with Gasteiger partial charge in [0.25, 0.3) is 0 Å². The normalized spacial score (nSPS) is 11.0. The molecule has 0 aliphatic rings. The summed E-state index contributed by atoms with van der Waals surface area (Å²) < 4.78 is 14.7. The third-order valence-electron chi connectivity index (χ3n) is 1.95. The standard InChI is InChI=1S/C8H6BrFN2O/c1-12-7-5(11-8(12)13)3-2-4(10)6(7)9/h2-3H,1H3,(H,11,13). The molecule has 0 fully saturated rings. The number of halogens is 2. The van der Waals surface area contributed by atoms with Crippen LogP contribution in [-0.2, 0) is 7.05 Å². The van der Waals surface area contributed by atoms with Gasteiger partial charge in [-0.25, -0.2) is 9.18 Å². The van der Waals surface area contributed by atoms with Crippen molar-refractivity contribution >= 4 is 27.0 Å². The van der Waals surface area contributed by atoms with Gasteiger partial charge in [-0.05, 0) is 28.1 Å². The molecular weight excluding hydrogens is 239 g/mol. The van der Waals surface area contributed by atoms with Crippen LogP contribution < -0.4 is 5.69 Å². The minimum atomic E-state index is -0.373. The maximum Gasteiger partial charge on any atom is 0.326 e. The monoisotopic (exact) mass is 244 g/mol. The lowest BCUT2D eigenvalue weighted by Gasteiger charge is -1.97. The van der Waals surface area contributed by atoms with Crippen LogP contribution >= 0.6 is 15.9 Å². The molecule has 68 valence electrons. The zero-order valence-corrected chi connectivity index (χ0v) is 8.35. The number of aromatic amines is 1. The molecule has 0 spiro atoms. The lowest BCUT2D eigenvalue weighted by atomic mass is 10.3. The van der Waals surface area contributed by atoms with Crippen molar-refractivity contribution in [3.63, 3.8) is 0 Å². The molecule has 0 unspecified atom stereocenters. The largest absolute Gasteiger partial charge is 0.326 e. The van der Waals surface area contributed by atoms with Crippen molar-refractivity contribution < 1.29 is 4.39 Å². The Morgan fingerprint density at radius 2 is 2.23 bits per heavy atom. The molecule has 2 rings (SSSR count). The van der Waals surface area contributed by atoms with Crippen molar-refractivity contribution in [1.29, 1.82) is 0 Å². The van der Waals surface area contributed by atoms with Crippen LogP contribution in [0.2, 0.25) is 0 Å². The van der Waals surface area contributed by atoms with Gasteiger partial charge < -0.3 is 4.98 Å². The highest BCUT2D eigenvalue weighted by Crippen LogP contribution is 2.24. The van der Waals surface area contributed by atoms with E-state index >= 15 is 0 Å². The SMILES string of the molecule is Cn1c(=O)[nH]c2ccc(F)c(Br)c21. The van der Waals surface area contributed by atoms with E-state index in [4.69, 9.17) is 0 Å². The van der Waals surface area contributed by atoms with E-state index in [9.17, 15) is 9.18 Å². The molecule has 0 atom stereocenters. The molecule has 0 aliphatic carbocycles. The van der Waals surface area contributed by atoms with Gasteiger partial charge in [0.2, 0.25) is 0 Å². The van der Waals surface area contributed by atoms with Crippen molar-refractivity contribution in [1.82, 2.24) is 9.55 Å². The molecule has 13 heavy (non-hydrogen) atoms. The molecule has 0 amide bonds. The number of hydrogen-bond acceptors (Lipinski definition) is 1. The number of benzene rings is 1. The van der Waals surface area contributed by atoms with E-state index in [0.717, 1.165) is 0 Å². The van der Waals surface area contributed by atoms with Crippen molar-refractivity contribution in [2.24, 2.45) is 7.05 Å². The number of rotatable bonds is 0. The highest BCUT2D eigenvalue weighted by Gasteiger charge is 2.09. The number of aromatic nitrogens is 2. The van der Waals surface area contributed by atoms with E-state index in [1.54, 1.807) is 7.05 Å². The number of hydrogen-bond donors (Lipinski definition) is 1. The third kappa shape index (κ3) is 1.11. The highest BCUT2D eigenvalue weighted by molar-refractivity contribution is 9.10. The van der Waals surface area contributed by atoms with E-state index in [2.05, 4.69) is 20.9 Å². The minimum absolute atomic E-state index is 0.249. The number of aryl methyl sites for hydroxylation is 1. The number of fused-ring (bicyclic) bond motifs is 1. The minimum Gasteiger partial charge on any atom is -0.306 e. The molecular formula is C8H6BrFN2O. The second-order valence-corrected chi connectivity index (χ2v) is 3.54. The van der Waals surface area contributed by atoms with Gasteiger partial charge in [-0.2, -0.15) is 0 Å². The number of H-pyrrole nitrogens is 1.